The molecule has 2 N–H and O–H groups in total. The molecule has 1 saturated heterocycles. The van der Waals surface area contributed by atoms with Crippen LogP contribution in [0.25, 0.3) is 22.6 Å². The van der Waals surface area contributed by atoms with Crippen molar-refractivity contribution in [1.29, 1.82) is 0 Å². The lowest BCUT2D eigenvalue weighted by molar-refractivity contribution is 0.0788. The Kier molecular flexibility index (Phi) is 10.1. The second-order valence-corrected chi connectivity index (χ2v) is 10.9. The highest BCUT2D eigenvalue weighted by Gasteiger charge is 2.27. The van der Waals surface area contributed by atoms with E-state index >= 15 is 0 Å². The van der Waals surface area contributed by atoms with Gasteiger partial charge in [0.15, 0.2) is 5.82 Å². The predicted octanol–water partition coefficient (Wildman–Crippen LogP) is 4.39. The lowest BCUT2D eigenvalue weighted by Crippen LogP contribution is -2.37. The molecule has 1 amide bonds. The molecule has 222 valence electrons. The van der Waals surface area contributed by atoms with E-state index in [4.69, 9.17) is 35.6 Å². The van der Waals surface area contributed by atoms with E-state index < -0.39 is 6.10 Å². The maximum Gasteiger partial charge on any atom is 0.410 e. The number of carbonyl (C=O) groups is 1. The van der Waals surface area contributed by atoms with Gasteiger partial charge in [-0.15, -0.1) is 0 Å². The minimum Gasteiger partial charge on any atom is -0.491 e. The normalized spacial score (nSPS) is 14.8. The molecule has 0 saturated carbocycles. The van der Waals surface area contributed by atoms with Crippen molar-refractivity contribution in [3.8, 4) is 28.4 Å². The number of halogens is 1. The minimum atomic E-state index is -0.659. The van der Waals surface area contributed by atoms with Crippen molar-refractivity contribution in [3.05, 3.63) is 40.2 Å². The Morgan fingerprint density at radius 3 is 2.63 bits per heavy atom. The monoisotopic (exact) mass is 586 g/mol. The maximum absolute atomic E-state index is 12.6. The summed E-state index contributed by atoms with van der Waals surface area (Å²) in [5.41, 5.74) is 3.71. The smallest absolute Gasteiger partial charge is 0.410 e. The number of carbonyl (C=O) groups excluding carboxylic acids is 1. The predicted molar refractivity (Wildman–Crippen MR) is 158 cm³/mol. The topological polar surface area (TPSA) is 126 Å². The summed E-state index contributed by atoms with van der Waals surface area (Å²) in [7, 11) is 1.77. The lowest BCUT2D eigenvalue weighted by Gasteiger charge is -2.26. The molecule has 3 aromatic rings. The highest BCUT2D eigenvalue weighted by atomic mass is 35.5. The van der Waals surface area contributed by atoms with E-state index in [1.54, 1.807) is 30.1 Å². The molecule has 11 nitrogen and oxygen atoms in total. The number of benzene rings is 1. The molecule has 1 atom stereocenters. The second kappa shape index (κ2) is 13.5. The van der Waals surface area contributed by atoms with Crippen LogP contribution in [-0.2, 0) is 4.74 Å². The van der Waals surface area contributed by atoms with Gasteiger partial charge in [0.1, 0.15) is 30.0 Å². The zero-order valence-corrected chi connectivity index (χ0v) is 25.3. The van der Waals surface area contributed by atoms with E-state index in [2.05, 4.69) is 15.4 Å². The highest BCUT2D eigenvalue weighted by molar-refractivity contribution is 6.33. The van der Waals surface area contributed by atoms with Crippen molar-refractivity contribution in [3.63, 3.8) is 0 Å². The van der Waals surface area contributed by atoms with Crippen LogP contribution in [0.15, 0.2) is 22.7 Å². The van der Waals surface area contributed by atoms with Crippen molar-refractivity contribution in [2.45, 2.75) is 53.2 Å². The van der Waals surface area contributed by atoms with Gasteiger partial charge in [0.25, 0.3) is 0 Å². The van der Waals surface area contributed by atoms with Crippen LogP contribution in [0.5, 0.6) is 5.75 Å². The largest absolute Gasteiger partial charge is 0.491 e. The Balaban J connectivity index is 1.74. The lowest BCUT2D eigenvalue weighted by atomic mass is 10.0. The van der Waals surface area contributed by atoms with Crippen LogP contribution in [0.3, 0.4) is 0 Å². The van der Waals surface area contributed by atoms with Gasteiger partial charge < -0.3 is 34.2 Å². The van der Waals surface area contributed by atoms with Crippen molar-refractivity contribution in [1.82, 2.24) is 25.3 Å². The summed E-state index contributed by atoms with van der Waals surface area (Å²) in [5, 5.41) is 17.6. The Labute approximate surface area is 245 Å². The zero-order chi connectivity index (χ0) is 29.7. The molecule has 1 aliphatic rings. The van der Waals surface area contributed by atoms with E-state index in [-0.39, 0.29) is 18.8 Å². The van der Waals surface area contributed by atoms with Gasteiger partial charge >= 0.3 is 6.09 Å². The van der Waals surface area contributed by atoms with Gasteiger partial charge in [-0.25, -0.2) is 14.8 Å². The van der Waals surface area contributed by atoms with E-state index in [1.807, 2.05) is 34.6 Å². The molecule has 4 rings (SSSR count). The average molecular weight is 587 g/mol. The molecule has 1 fully saturated rings. The fraction of sp³-hybridized carbons (Fsp3) is 0.517. The number of amides is 1. The van der Waals surface area contributed by atoms with Crippen molar-refractivity contribution < 1.29 is 23.9 Å². The molecule has 1 unspecified atom stereocenters. The summed E-state index contributed by atoms with van der Waals surface area (Å²) in [6.07, 6.45) is -0.386. The van der Waals surface area contributed by atoms with E-state index in [0.29, 0.717) is 66.3 Å². The number of rotatable bonds is 9. The summed E-state index contributed by atoms with van der Waals surface area (Å²) in [6, 6.07) is 5.27. The average Bonchev–Trinajstić information content (AvgIpc) is 3.11. The second-order valence-electron chi connectivity index (χ2n) is 10.5. The molecule has 41 heavy (non-hydrogen) atoms. The molecule has 12 heteroatoms. The summed E-state index contributed by atoms with van der Waals surface area (Å²) in [5.74, 6) is 2.36. The first-order chi connectivity index (χ1) is 19.6. The fourth-order valence-electron chi connectivity index (χ4n) is 4.84. The van der Waals surface area contributed by atoms with Gasteiger partial charge in [0, 0.05) is 43.9 Å². The SMILES string of the molecule is CNCC(O)COc1ccc(Cl)c(-c2nc(-c3c(C)noc3C)c(C)c(N3CCCN(C(=O)OC(C)C)CC3)n2)c1. The van der Waals surface area contributed by atoms with Gasteiger partial charge in [0.2, 0.25) is 0 Å². The number of nitrogens with zero attached hydrogens (tertiary/aromatic N) is 5. The number of ether oxygens (including phenoxy) is 2. The molecule has 0 aliphatic carbocycles. The molecular weight excluding hydrogens is 548 g/mol. The third-order valence-electron chi connectivity index (χ3n) is 6.84. The van der Waals surface area contributed by atoms with E-state index in [1.165, 1.54) is 0 Å². The number of anilines is 1. The Morgan fingerprint density at radius 1 is 1.17 bits per heavy atom. The quantitative estimate of drug-likeness (QED) is 0.373. The zero-order valence-electron chi connectivity index (χ0n) is 24.5. The molecule has 0 spiro atoms. The molecule has 1 aliphatic heterocycles. The fourth-order valence-corrected chi connectivity index (χ4v) is 5.04. The maximum atomic E-state index is 12.6. The first-order valence-electron chi connectivity index (χ1n) is 13.9. The molecule has 3 heterocycles. The number of likely N-dealkylation sites (N-methyl/N-ethyl adjacent to an activating group) is 1. The minimum absolute atomic E-state index is 0.121. The van der Waals surface area contributed by atoms with Crippen LogP contribution in [-0.4, -0.2) is 89.8 Å². The molecular formula is C29H39ClN6O5. The first kappa shape index (κ1) is 30.5. The van der Waals surface area contributed by atoms with Crippen molar-refractivity contribution in [2.24, 2.45) is 0 Å². The van der Waals surface area contributed by atoms with E-state index in [0.717, 1.165) is 29.1 Å². The van der Waals surface area contributed by atoms with Crippen LogP contribution in [0.4, 0.5) is 10.6 Å². The third kappa shape index (κ3) is 7.27. The number of nitrogens with one attached hydrogen (secondary N) is 1. The first-order valence-corrected chi connectivity index (χ1v) is 14.2. The van der Waals surface area contributed by atoms with Gasteiger partial charge in [-0.2, -0.15) is 0 Å². The van der Waals surface area contributed by atoms with Crippen molar-refractivity contribution in [2.75, 3.05) is 51.3 Å². The van der Waals surface area contributed by atoms with Gasteiger partial charge in [-0.3, -0.25) is 0 Å². The summed E-state index contributed by atoms with van der Waals surface area (Å²) in [4.78, 5) is 26.5. The van der Waals surface area contributed by atoms with Gasteiger partial charge in [-0.05, 0) is 66.3 Å². The van der Waals surface area contributed by atoms with Crippen LogP contribution < -0.4 is 15.0 Å². The van der Waals surface area contributed by atoms with Crippen LogP contribution in [0.1, 0.15) is 37.3 Å². The summed E-state index contributed by atoms with van der Waals surface area (Å²) in [6.45, 7) is 12.3. The number of aliphatic hydroxyl groups is 1. The van der Waals surface area contributed by atoms with Crippen LogP contribution in [0.2, 0.25) is 5.02 Å². The van der Waals surface area contributed by atoms with Crippen LogP contribution >= 0.6 is 11.6 Å². The number of aryl methyl sites for hydroxylation is 2. The molecule has 0 bridgehead atoms. The summed E-state index contributed by atoms with van der Waals surface area (Å²) >= 11 is 6.68. The summed E-state index contributed by atoms with van der Waals surface area (Å²) < 4.78 is 16.8. The van der Waals surface area contributed by atoms with Gasteiger partial charge in [0.05, 0.1) is 28.1 Å². The molecule has 0 radical (unpaired) electrons. The molecule has 1 aromatic carbocycles. The van der Waals surface area contributed by atoms with Crippen molar-refractivity contribution >= 4 is 23.5 Å². The Hall–Kier alpha value is -3.41. The molecule has 2 aromatic heterocycles. The standard InChI is InChI=1S/C29H39ClN6O5/c1-17(2)40-29(38)36-11-7-10-35(12-13-36)28-18(3)26(25-19(4)34-41-20(25)5)32-27(33-28)23-14-22(8-9-24(23)30)39-16-21(37)15-31-6/h8-9,14,17,21,31,37H,7,10-13,15-16H2,1-6H3. The number of hydrogen-bond acceptors (Lipinski definition) is 10. The Bertz CT molecular complexity index is 1340. The van der Waals surface area contributed by atoms with E-state index in [9.17, 15) is 9.90 Å². The van der Waals surface area contributed by atoms with Crippen LogP contribution in [0, 0.1) is 20.8 Å². The third-order valence-corrected chi connectivity index (χ3v) is 7.17. The Morgan fingerprint density at radius 2 is 1.95 bits per heavy atom. The number of aliphatic hydroxyl groups excluding tert-OH is 1. The number of hydrogen-bond donors (Lipinski definition) is 2. The highest BCUT2D eigenvalue weighted by Crippen LogP contribution is 2.37. The number of aromatic nitrogens is 3. The van der Waals surface area contributed by atoms with Gasteiger partial charge in [-0.1, -0.05) is 16.8 Å².